The van der Waals surface area contributed by atoms with Crippen molar-refractivity contribution < 1.29 is 9.31 Å². The first-order valence-electron chi connectivity index (χ1n) is 6.01. The van der Waals surface area contributed by atoms with Gasteiger partial charge in [-0.05, 0) is 46.5 Å². The Bertz CT molecular complexity index is 266. The van der Waals surface area contributed by atoms with E-state index in [0.29, 0.717) is 5.94 Å². The lowest BCUT2D eigenvalue weighted by Crippen LogP contribution is -2.43. The van der Waals surface area contributed by atoms with Crippen LogP contribution in [0.25, 0.3) is 0 Å². The van der Waals surface area contributed by atoms with Gasteiger partial charge in [0, 0.05) is 12.0 Å². The molecule has 3 nitrogen and oxygen atoms in total. The van der Waals surface area contributed by atoms with Crippen LogP contribution in [0.1, 0.15) is 40.5 Å². The second-order valence-electron chi connectivity index (χ2n) is 6.24. The van der Waals surface area contributed by atoms with E-state index in [1.807, 2.05) is 0 Å². The highest BCUT2D eigenvalue weighted by Gasteiger charge is 2.58. The summed E-state index contributed by atoms with van der Waals surface area (Å²) < 4.78 is 12.1. The highest BCUT2D eigenvalue weighted by atomic mass is 16.7. The molecule has 0 unspecified atom stereocenters. The summed E-state index contributed by atoms with van der Waals surface area (Å²) in [5.74, 6) is 1.31. The summed E-state index contributed by atoms with van der Waals surface area (Å²) in [5.41, 5.74) is -0.377. The fourth-order valence-electron chi connectivity index (χ4n) is 2.62. The van der Waals surface area contributed by atoms with Gasteiger partial charge < -0.3 is 14.6 Å². The Balaban J connectivity index is 1.70. The molecule has 1 saturated carbocycles. The van der Waals surface area contributed by atoms with Gasteiger partial charge in [0.2, 0.25) is 0 Å². The Kier molecular flexibility index (Phi) is 1.88. The third kappa shape index (κ3) is 1.46. The molecule has 2 aliphatic heterocycles. The monoisotopic (exact) mass is 209 g/mol. The molecule has 0 aromatic carbocycles. The fourth-order valence-corrected chi connectivity index (χ4v) is 2.62. The average Bonchev–Trinajstić information content (AvgIpc) is 2.63. The summed E-state index contributed by atoms with van der Waals surface area (Å²) in [6.07, 6.45) is 2.58. The molecule has 84 valence electrons. The summed E-state index contributed by atoms with van der Waals surface area (Å²) in [6, 6.07) is 0.758. The zero-order valence-corrected chi connectivity index (χ0v) is 10.0. The third-order valence-corrected chi connectivity index (χ3v) is 4.51. The molecule has 0 aromatic rings. The van der Waals surface area contributed by atoms with Crippen LogP contribution >= 0.6 is 0 Å². The zero-order chi connectivity index (χ0) is 10.8. The van der Waals surface area contributed by atoms with Crippen molar-refractivity contribution in [2.45, 2.75) is 63.7 Å². The Labute approximate surface area is 92.0 Å². The van der Waals surface area contributed by atoms with Gasteiger partial charge in [-0.2, -0.15) is 0 Å². The number of piperidine rings is 1. The highest BCUT2D eigenvalue weighted by Crippen LogP contribution is 2.45. The van der Waals surface area contributed by atoms with E-state index in [4.69, 9.17) is 9.31 Å². The molecule has 0 aromatic heterocycles. The van der Waals surface area contributed by atoms with Crippen molar-refractivity contribution in [1.82, 2.24) is 5.32 Å². The molecule has 0 radical (unpaired) electrons. The van der Waals surface area contributed by atoms with Crippen LogP contribution in [0, 0.1) is 5.92 Å². The molecule has 1 N–H and O–H groups in total. The van der Waals surface area contributed by atoms with E-state index in [1.165, 1.54) is 12.8 Å². The minimum atomic E-state index is -0.188. The first-order valence-corrected chi connectivity index (χ1v) is 6.01. The first-order chi connectivity index (χ1) is 6.89. The minimum Gasteiger partial charge on any atom is -0.402 e. The van der Waals surface area contributed by atoms with Crippen LogP contribution < -0.4 is 5.32 Å². The lowest BCUT2D eigenvalue weighted by Gasteiger charge is -2.32. The maximum atomic E-state index is 6.03. The molecule has 0 bridgehead atoms. The number of fused-ring (bicyclic) bond motifs is 1. The van der Waals surface area contributed by atoms with Gasteiger partial charge in [-0.25, -0.2) is 0 Å². The third-order valence-electron chi connectivity index (χ3n) is 4.51. The lowest BCUT2D eigenvalue weighted by molar-refractivity contribution is 0.00578. The second kappa shape index (κ2) is 2.79. The summed E-state index contributed by atoms with van der Waals surface area (Å²) in [4.78, 5) is 0. The maximum Gasteiger partial charge on any atom is 0.476 e. The van der Waals surface area contributed by atoms with Gasteiger partial charge in [0.25, 0.3) is 0 Å². The number of nitrogens with one attached hydrogen (secondary N) is 1. The van der Waals surface area contributed by atoms with Crippen molar-refractivity contribution in [2.24, 2.45) is 5.92 Å². The van der Waals surface area contributed by atoms with Crippen LogP contribution in [0.5, 0.6) is 0 Å². The average molecular weight is 209 g/mol. The van der Waals surface area contributed by atoms with E-state index in [-0.39, 0.29) is 18.3 Å². The molecule has 2 heterocycles. The van der Waals surface area contributed by atoms with Gasteiger partial charge in [-0.15, -0.1) is 0 Å². The first kappa shape index (κ1) is 10.1. The van der Waals surface area contributed by atoms with Crippen molar-refractivity contribution in [3.05, 3.63) is 0 Å². The smallest absolute Gasteiger partial charge is 0.402 e. The van der Waals surface area contributed by atoms with Crippen LogP contribution in [0.2, 0.25) is 0 Å². The Morgan fingerprint density at radius 3 is 2.13 bits per heavy atom. The summed E-state index contributed by atoms with van der Waals surface area (Å²) >= 11 is 0. The number of rotatable bonds is 1. The van der Waals surface area contributed by atoms with Crippen molar-refractivity contribution in [1.29, 1.82) is 0 Å². The van der Waals surface area contributed by atoms with Gasteiger partial charge in [0.1, 0.15) is 0 Å². The van der Waals surface area contributed by atoms with E-state index in [1.54, 1.807) is 0 Å². The summed E-state index contributed by atoms with van der Waals surface area (Å²) in [7, 11) is -0.0530. The van der Waals surface area contributed by atoms with Gasteiger partial charge in [0.05, 0.1) is 11.2 Å². The Morgan fingerprint density at radius 2 is 1.67 bits per heavy atom. The normalized spacial score (nSPS) is 45.6. The molecular weight excluding hydrogens is 189 g/mol. The number of hydrogen-bond donors (Lipinski definition) is 1. The zero-order valence-electron chi connectivity index (χ0n) is 10.0. The van der Waals surface area contributed by atoms with Gasteiger partial charge in [-0.3, -0.25) is 0 Å². The highest BCUT2D eigenvalue weighted by molar-refractivity contribution is 6.47. The summed E-state index contributed by atoms with van der Waals surface area (Å²) in [6.45, 7) is 8.46. The molecule has 4 heteroatoms. The van der Waals surface area contributed by atoms with Gasteiger partial charge in [-0.1, -0.05) is 0 Å². The minimum absolute atomic E-state index is 0.0530. The maximum absolute atomic E-state index is 6.03. The SMILES string of the molecule is CC1(C)OB([C@@H]2C[C@H]3C[C@H]3N2)OC1(C)C. The quantitative estimate of drug-likeness (QED) is 0.661. The molecule has 15 heavy (non-hydrogen) atoms. The van der Waals surface area contributed by atoms with Gasteiger partial charge >= 0.3 is 7.12 Å². The summed E-state index contributed by atoms with van der Waals surface area (Å²) in [5, 5.41) is 3.60. The van der Waals surface area contributed by atoms with Crippen LogP contribution in [0.15, 0.2) is 0 Å². The van der Waals surface area contributed by atoms with Crippen LogP contribution in [-0.2, 0) is 9.31 Å². The van der Waals surface area contributed by atoms with E-state index in [0.717, 1.165) is 12.0 Å². The molecule has 0 amide bonds. The Morgan fingerprint density at radius 1 is 1.07 bits per heavy atom. The number of hydrogen-bond acceptors (Lipinski definition) is 3. The van der Waals surface area contributed by atoms with Crippen molar-refractivity contribution in [3.63, 3.8) is 0 Å². The van der Waals surface area contributed by atoms with E-state index < -0.39 is 0 Å². The van der Waals surface area contributed by atoms with Crippen molar-refractivity contribution in [2.75, 3.05) is 0 Å². The topological polar surface area (TPSA) is 30.5 Å². The predicted molar refractivity (Wildman–Crippen MR) is 59.5 cm³/mol. The molecule has 3 rings (SSSR count). The van der Waals surface area contributed by atoms with Crippen LogP contribution in [-0.4, -0.2) is 30.3 Å². The van der Waals surface area contributed by atoms with E-state index in [9.17, 15) is 0 Å². The molecule has 2 saturated heterocycles. The van der Waals surface area contributed by atoms with Crippen LogP contribution in [0.3, 0.4) is 0 Å². The van der Waals surface area contributed by atoms with Crippen molar-refractivity contribution >= 4 is 7.12 Å². The Hall–Kier alpha value is -0.0551. The van der Waals surface area contributed by atoms with Crippen LogP contribution in [0.4, 0.5) is 0 Å². The molecule has 3 aliphatic rings. The second-order valence-corrected chi connectivity index (χ2v) is 6.24. The molecule has 3 fully saturated rings. The fraction of sp³-hybridized carbons (Fsp3) is 1.00. The van der Waals surface area contributed by atoms with E-state index in [2.05, 4.69) is 33.0 Å². The predicted octanol–water partition coefficient (Wildman–Crippen LogP) is 1.37. The van der Waals surface area contributed by atoms with E-state index >= 15 is 0 Å². The van der Waals surface area contributed by atoms with Crippen molar-refractivity contribution in [3.8, 4) is 0 Å². The molecule has 3 atom stereocenters. The lowest BCUT2D eigenvalue weighted by atomic mass is 9.76. The standard InChI is InChI=1S/C11H20BNO2/c1-10(2)11(3,4)15-12(14-10)9-6-7-5-8(7)13-9/h7-9,13H,5-6H2,1-4H3/t7-,8-,9+/m1/s1. The molecular formula is C11H20BNO2. The van der Waals surface area contributed by atoms with Gasteiger partial charge in [0.15, 0.2) is 0 Å². The largest absolute Gasteiger partial charge is 0.476 e. The molecule has 0 spiro atoms. The molecule has 1 aliphatic carbocycles.